The fourth-order valence-electron chi connectivity index (χ4n) is 3.15. The van der Waals surface area contributed by atoms with E-state index in [0.29, 0.717) is 23.6 Å². The summed E-state index contributed by atoms with van der Waals surface area (Å²) >= 11 is 0. The lowest BCUT2D eigenvalue weighted by molar-refractivity contribution is 0.0952. The van der Waals surface area contributed by atoms with Crippen molar-refractivity contribution >= 4 is 23.2 Å². The molecule has 29 heavy (non-hydrogen) atoms. The normalized spacial score (nSPS) is 10.7. The highest BCUT2D eigenvalue weighted by molar-refractivity contribution is 6.06. The van der Waals surface area contributed by atoms with E-state index in [-0.39, 0.29) is 11.8 Å². The van der Waals surface area contributed by atoms with Gasteiger partial charge in [0, 0.05) is 42.1 Å². The van der Waals surface area contributed by atoms with Crippen LogP contribution >= 0.6 is 0 Å². The molecule has 0 unspecified atom stereocenters. The molecule has 2 N–H and O–H groups in total. The lowest BCUT2D eigenvalue weighted by atomic mass is 10.1. The first-order chi connectivity index (χ1) is 13.8. The lowest BCUT2D eigenvalue weighted by Gasteiger charge is -2.22. The van der Waals surface area contributed by atoms with Gasteiger partial charge in [0.1, 0.15) is 0 Å². The van der Waals surface area contributed by atoms with Crippen LogP contribution in [0.2, 0.25) is 0 Å². The topological polar surface area (TPSA) is 61.4 Å². The Morgan fingerprint density at radius 3 is 2.21 bits per heavy atom. The number of rotatable bonds is 9. The third-order valence-corrected chi connectivity index (χ3v) is 4.98. The highest BCUT2D eigenvalue weighted by Crippen LogP contribution is 2.23. The molecule has 0 aliphatic heterocycles. The van der Waals surface area contributed by atoms with Crippen LogP contribution in [0, 0.1) is 12.8 Å². The average Bonchev–Trinajstić information content (AvgIpc) is 2.70. The number of amides is 2. The van der Waals surface area contributed by atoms with Crippen LogP contribution in [0.5, 0.6) is 0 Å². The Hall–Kier alpha value is -2.82. The van der Waals surface area contributed by atoms with Crippen molar-refractivity contribution in [3.05, 3.63) is 59.2 Å². The van der Waals surface area contributed by atoms with Gasteiger partial charge in [-0.2, -0.15) is 0 Å². The Morgan fingerprint density at radius 2 is 1.62 bits per heavy atom. The molecule has 0 heterocycles. The molecule has 156 valence electrons. The molecule has 0 atom stereocenters. The molecule has 0 aromatic heterocycles. The van der Waals surface area contributed by atoms with E-state index in [1.807, 2.05) is 19.1 Å². The number of nitrogens with zero attached hydrogens (tertiary/aromatic N) is 1. The van der Waals surface area contributed by atoms with Crippen molar-refractivity contribution in [1.82, 2.24) is 5.32 Å². The van der Waals surface area contributed by atoms with Crippen molar-refractivity contribution in [1.29, 1.82) is 0 Å². The number of anilines is 2. The van der Waals surface area contributed by atoms with Crippen LogP contribution in [-0.4, -0.2) is 31.4 Å². The molecule has 2 rings (SSSR count). The maximum Gasteiger partial charge on any atom is 0.255 e. The third-order valence-electron chi connectivity index (χ3n) is 4.98. The van der Waals surface area contributed by atoms with E-state index in [0.717, 1.165) is 36.4 Å². The third kappa shape index (κ3) is 6.34. The van der Waals surface area contributed by atoms with Crippen molar-refractivity contribution < 1.29 is 9.59 Å². The van der Waals surface area contributed by atoms with Crippen molar-refractivity contribution in [3.63, 3.8) is 0 Å². The Morgan fingerprint density at radius 1 is 0.966 bits per heavy atom. The van der Waals surface area contributed by atoms with Gasteiger partial charge in [0.2, 0.25) is 0 Å². The Labute approximate surface area is 174 Å². The monoisotopic (exact) mass is 395 g/mol. The quantitative estimate of drug-likeness (QED) is 0.637. The van der Waals surface area contributed by atoms with E-state index in [9.17, 15) is 9.59 Å². The fraction of sp³-hybridized carbons (Fsp3) is 0.417. The predicted molar refractivity (Wildman–Crippen MR) is 121 cm³/mol. The zero-order valence-corrected chi connectivity index (χ0v) is 18.2. The van der Waals surface area contributed by atoms with Crippen molar-refractivity contribution in [2.45, 2.75) is 41.0 Å². The molecule has 0 aliphatic rings. The summed E-state index contributed by atoms with van der Waals surface area (Å²) in [7, 11) is 0. The van der Waals surface area contributed by atoms with Gasteiger partial charge in [0.25, 0.3) is 11.8 Å². The minimum Gasteiger partial charge on any atom is -0.372 e. The summed E-state index contributed by atoms with van der Waals surface area (Å²) in [5.41, 5.74) is 3.89. The van der Waals surface area contributed by atoms with Gasteiger partial charge in [-0.3, -0.25) is 9.59 Å². The van der Waals surface area contributed by atoms with E-state index in [4.69, 9.17) is 0 Å². The second-order valence-electron chi connectivity index (χ2n) is 7.64. The molecule has 2 amide bonds. The second-order valence-corrected chi connectivity index (χ2v) is 7.64. The van der Waals surface area contributed by atoms with Gasteiger partial charge in [-0.1, -0.05) is 19.9 Å². The maximum atomic E-state index is 12.7. The summed E-state index contributed by atoms with van der Waals surface area (Å²) in [6.45, 7) is 13.0. The molecular weight excluding hydrogens is 362 g/mol. The molecule has 0 fully saturated rings. The average molecular weight is 396 g/mol. The molecule has 0 spiro atoms. The Bertz CT molecular complexity index is 842. The van der Waals surface area contributed by atoms with Gasteiger partial charge in [-0.25, -0.2) is 0 Å². The maximum absolute atomic E-state index is 12.7. The van der Waals surface area contributed by atoms with Gasteiger partial charge in [0.15, 0.2) is 0 Å². The first-order valence-corrected chi connectivity index (χ1v) is 10.4. The van der Waals surface area contributed by atoms with Crippen LogP contribution in [0.1, 0.15) is 60.4 Å². The van der Waals surface area contributed by atoms with Crippen LogP contribution in [-0.2, 0) is 0 Å². The number of hydrogen-bond donors (Lipinski definition) is 2. The number of carbonyl (C=O) groups is 2. The summed E-state index contributed by atoms with van der Waals surface area (Å²) in [5, 5.41) is 5.87. The van der Waals surface area contributed by atoms with Crippen molar-refractivity contribution in [2.24, 2.45) is 5.92 Å². The number of hydrogen-bond acceptors (Lipinski definition) is 3. The molecule has 5 nitrogen and oxygen atoms in total. The zero-order valence-electron chi connectivity index (χ0n) is 18.2. The van der Waals surface area contributed by atoms with Crippen LogP contribution in [0.3, 0.4) is 0 Å². The Kier molecular flexibility index (Phi) is 8.25. The predicted octanol–water partition coefficient (Wildman–Crippen LogP) is 4.87. The molecule has 2 aromatic carbocycles. The zero-order chi connectivity index (χ0) is 21.4. The molecule has 0 saturated heterocycles. The number of benzene rings is 2. The number of carbonyl (C=O) groups excluding carboxylic acids is 2. The van der Waals surface area contributed by atoms with Crippen LogP contribution in [0.4, 0.5) is 11.4 Å². The molecule has 0 radical (unpaired) electrons. The van der Waals surface area contributed by atoms with E-state index >= 15 is 0 Å². The Balaban J connectivity index is 2.08. The van der Waals surface area contributed by atoms with Crippen LogP contribution < -0.4 is 15.5 Å². The van der Waals surface area contributed by atoms with Crippen molar-refractivity contribution in [3.8, 4) is 0 Å². The van der Waals surface area contributed by atoms with Gasteiger partial charge in [0.05, 0.1) is 0 Å². The number of nitrogens with one attached hydrogen (secondary N) is 2. The van der Waals surface area contributed by atoms with Crippen molar-refractivity contribution in [2.75, 3.05) is 29.9 Å². The molecule has 0 saturated carbocycles. The van der Waals surface area contributed by atoms with Gasteiger partial charge in [-0.05, 0) is 75.1 Å². The van der Waals surface area contributed by atoms with Gasteiger partial charge in [-0.15, -0.1) is 0 Å². The first-order valence-electron chi connectivity index (χ1n) is 10.4. The van der Waals surface area contributed by atoms with Gasteiger partial charge >= 0.3 is 0 Å². The summed E-state index contributed by atoms with van der Waals surface area (Å²) in [6, 6.07) is 12.9. The van der Waals surface area contributed by atoms with E-state index in [1.54, 1.807) is 24.3 Å². The lowest BCUT2D eigenvalue weighted by Crippen LogP contribution is -2.25. The summed E-state index contributed by atoms with van der Waals surface area (Å²) in [6.07, 6.45) is 0.925. The summed E-state index contributed by atoms with van der Waals surface area (Å²) < 4.78 is 0. The summed E-state index contributed by atoms with van der Waals surface area (Å²) in [5.74, 6) is 0.157. The second kappa shape index (κ2) is 10.6. The van der Waals surface area contributed by atoms with Gasteiger partial charge < -0.3 is 15.5 Å². The molecule has 0 aliphatic carbocycles. The molecule has 5 heteroatoms. The molecular formula is C24H33N3O2. The van der Waals surface area contributed by atoms with E-state index in [2.05, 4.69) is 49.3 Å². The fourth-order valence-corrected chi connectivity index (χ4v) is 3.15. The smallest absolute Gasteiger partial charge is 0.255 e. The molecule has 0 bridgehead atoms. The van der Waals surface area contributed by atoms with E-state index in [1.165, 1.54) is 0 Å². The highest BCUT2D eigenvalue weighted by Gasteiger charge is 2.12. The summed E-state index contributed by atoms with van der Waals surface area (Å²) in [4.78, 5) is 27.3. The SMILES string of the molecule is CCN(CC)c1ccc(NC(=O)c2cccc(C(=O)NCCC(C)C)c2)c(C)c1. The minimum atomic E-state index is -0.222. The highest BCUT2D eigenvalue weighted by atomic mass is 16.2. The first kappa shape index (κ1) is 22.5. The number of aryl methyl sites for hydroxylation is 1. The van der Waals surface area contributed by atoms with Crippen LogP contribution in [0.25, 0.3) is 0 Å². The van der Waals surface area contributed by atoms with E-state index < -0.39 is 0 Å². The minimum absolute atomic E-state index is 0.153. The van der Waals surface area contributed by atoms with Crippen LogP contribution in [0.15, 0.2) is 42.5 Å². The largest absolute Gasteiger partial charge is 0.372 e. The standard InChI is InChI=1S/C24H33N3O2/c1-6-27(7-2)21-11-12-22(18(5)15-21)26-24(29)20-10-8-9-19(16-20)23(28)25-14-13-17(3)4/h8-12,15-17H,6-7,13-14H2,1-5H3,(H,25,28)(H,26,29). The molecule has 2 aromatic rings.